The largest absolute Gasteiger partial charge is 0.369 e. The molecule has 1 aliphatic heterocycles. The molecule has 5 heteroatoms. The Bertz CT molecular complexity index is 756. The molecular formula is C21H26ClN3O. The zero-order valence-corrected chi connectivity index (χ0v) is 16.2. The van der Waals surface area contributed by atoms with Crippen LogP contribution < -0.4 is 4.90 Å². The number of amides is 1. The summed E-state index contributed by atoms with van der Waals surface area (Å²) >= 11 is 6.02. The zero-order chi connectivity index (χ0) is 18.5. The Hall–Kier alpha value is -2.04. The molecule has 2 aromatic carbocycles. The number of anilines is 1. The summed E-state index contributed by atoms with van der Waals surface area (Å²) in [6.07, 6.45) is 0. The van der Waals surface area contributed by atoms with Gasteiger partial charge >= 0.3 is 0 Å². The number of para-hydroxylation sites is 1. The molecule has 0 unspecified atom stereocenters. The second-order valence-electron chi connectivity index (χ2n) is 6.93. The van der Waals surface area contributed by atoms with Gasteiger partial charge in [-0.3, -0.25) is 9.69 Å². The Morgan fingerprint density at radius 3 is 2.50 bits per heavy atom. The van der Waals surface area contributed by atoms with Crippen LogP contribution in [0.5, 0.6) is 0 Å². The average Bonchev–Trinajstić information content (AvgIpc) is 2.63. The third-order valence-electron chi connectivity index (χ3n) is 4.92. The molecule has 0 atom stereocenters. The van der Waals surface area contributed by atoms with E-state index in [1.165, 1.54) is 11.3 Å². The molecule has 2 aromatic rings. The molecule has 0 aromatic heterocycles. The predicted molar refractivity (Wildman–Crippen MR) is 108 cm³/mol. The number of hydrogen-bond donors (Lipinski definition) is 0. The molecule has 0 aliphatic carbocycles. The lowest BCUT2D eigenvalue weighted by atomic mass is 10.1. The minimum absolute atomic E-state index is 0.148. The van der Waals surface area contributed by atoms with Crippen molar-refractivity contribution in [2.24, 2.45) is 0 Å². The van der Waals surface area contributed by atoms with E-state index in [1.54, 1.807) is 4.90 Å². The van der Waals surface area contributed by atoms with E-state index in [0.717, 1.165) is 31.7 Å². The Balaban J connectivity index is 1.49. The van der Waals surface area contributed by atoms with E-state index in [0.29, 0.717) is 18.1 Å². The number of rotatable bonds is 5. The Labute approximate surface area is 161 Å². The van der Waals surface area contributed by atoms with Gasteiger partial charge in [-0.15, -0.1) is 0 Å². The van der Waals surface area contributed by atoms with Crippen molar-refractivity contribution in [3.8, 4) is 0 Å². The maximum atomic E-state index is 12.5. The first-order valence-electron chi connectivity index (χ1n) is 9.04. The fraction of sp³-hybridized carbons (Fsp3) is 0.381. The number of carbonyl (C=O) groups excluding carboxylic acids is 1. The van der Waals surface area contributed by atoms with E-state index in [-0.39, 0.29) is 5.91 Å². The van der Waals surface area contributed by atoms with Crippen molar-refractivity contribution in [3.05, 3.63) is 64.7 Å². The number of benzene rings is 2. The SMILES string of the molecule is Cc1ccccc1N1CCN(CC(=O)N(C)Cc2cccc(Cl)c2)CC1. The van der Waals surface area contributed by atoms with Gasteiger partial charge in [-0.2, -0.15) is 0 Å². The van der Waals surface area contributed by atoms with Gasteiger partial charge in [0, 0.05) is 50.5 Å². The fourth-order valence-electron chi connectivity index (χ4n) is 3.37. The van der Waals surface area contributed by atoms with E-state index in [9.17, 15) is 4.79 Å². The summed E-state index contributed by atoms with van der Waals surface area (Å²) < 4.78 is 0. The number of aryl methyl sites for hydroxylation is 1. The number of nitrogens with zero attached hydrogens (tertiary/aromatic N) is 3. The topological polar surface area (TPSA) is 26.8 Å². The molecule has 0 spiro atoms. The second kappa shape index (κ2) is 8.56. The summed E-state index contributed by atoms with van der Waals surface area (Å²) in [5.41, 5.74) is 3.66. The molecule has 138 valence electrons. The van der Waals surface area contributed by atoms with Gasteiger partial charge in [0.1, 0.15) is 0 Å². The molecule has 3 rings (SSSR count). The monoisotopic (exact) mass is 371 g/mol. The lowest BCUT2D eigenvalue weighted by Gasteiger charge is -2.37. The van der Waals surface area contributed by atoms with Crippen molar-refractivity contribution in [3.63, 3.8) is 0 Å². The van der Waals surface area contributed by atoms with Crippen LogP contribution in [-0.4, -0.2) is 55.5 Å². The van der Waals surface area contributed by atoms with E-state index >= 15 is 0 Å². The van der Waals surface area contributed by atoms with Crippen LogP contribution in [0.15, 0.2) is 48.5 Å². The van der Waals surface area contributed by atoms with Crippen molar-refractivity contribution in [1.29, 1.82) is 0 Å². The third kappa shape index (κ3) is 4.77. The Morgan fingerprint density at radius 1 is 1.08 bits per heavy atom. The van der Waals surface area contributed by atoms with Crippen LogP contribution in [0.1, 0.15) is 11.1 Å². The molecular weight excluding hydrogens is 346 g/mol. The molecule has 1 fully saturated rings. The van der Waals surface area contributed by atoms with Gasteiger partial charge in [0.05, 0.1) is 6.54 Å². The smallest absolute Gasteiger partial charge is 0.236 e. The van der Waals surface area contributed by atoms with Crippen molar-refractivity contribution >= 4 is 23.2 Å². The van der Waals surface area contributed by atoms with E-state index < -0.39 is 0 Å². The first-order valence-corrected chi connectivity index (χ1v) is 9.42. The molecule has 4 nitrogen and oxygen atoms in total. The van der Waals surface area contributed by atoms with Crippen molar-refractivity contribution < 1.29 is 4.79 Å². The van der Waals surface area contributed by atoms with Gasteiger partial charge in [0.15, 0.2) is 0 Å². The summed E-state index contributed by atoms with van der Waals surface area (Å²) in [6, 6.07) is 16.2. The normalized spacial score (nSPS) is 15.1. The Morgan fingerprint density at radius 2 is 1.81 bits per heavy atom. The maximum absolute atomic E-state index is 12.5. The number of carbonyl (C=O) groups is 1. The standard InChI is InChI=1S/C21H26ClN3O/c1-17-6-3-4-9-20(17)25-12-10-24(11-13-25)16-21(26)23(2)15-18-7-5-8-19(22)14-18/h3-9,14H,10-13,15-16H2,1-2H3. The van der Waals surface area contributed by atoms with Gasteiger partial charge in [-0.05, 0) is 36.2 Å². The number of piperazine rings is 1. The predicted octanol–water partition coefficient (Wildman–Crippen LogP) is 3.43. The minimum atomic E-state index is 0.148. The summed E-state index contributed by atoms with van der Waals surface area (Å²) in [4.78, 5) is 19.0. The highest BCUT2D eigenvalue weighted by Crippen LogP contribution is 2.20. The van der Waals surface area contributed by atoms with Crippen molar-refractivity contribution in [1.82, 2.24) is 9.80 Å². The molecule has 0 radical (unpaired) electrons. The highest BCUT2D eigenvalue weighted by molar-refractivity contribution is 6.30. The molecule has 26 heavy (non-hydrogen) atoms. The lowest BCUT2D eigenvalue weighted by molar-refractivity contribution is -0.131. The van der Waals surface area contributed by atoms with Crippen LogP contribution in [-0.2, 0) is 11.3 Å². The van der Waals surface area contributed by atoms with Gasteiger partial charge < -0.3 is 9.80 Å². The van der Waals surface area contributed by atoms with Crippen LogP contribution in [0.2, 0.25) is 5.02 Å². The molecule has 1 heterocycles. The molecule has 0 bridgehead atoms. The van der Waals surface area contributed by atoms with E-state index in [4.69, 9.17) is 11.6 Å². The average molecular weight is 372 g/mol. The van der Waals surface area contributed by atoms with Crippen LogP contribution in [0, 0.1) is 6.92 Å². The minimum Gasteiger partial charge on any atom is -0.369 e. The highest BCUT2D eigenvalue weighted by Gasteiger charge is 2.21. The third-order valence-corrected chi connectivity index (χ3v) is 5.16. The van der Waals surface area contributed by atoms with Crippen LogP contribution in [0.25, 0.3) is 0 Å². The van der Waals surface area contributed by atoms with Gasteiger partial charge in [0.2, 0.25) is 5.91 Å². The summed E-state index contributed by atoms with van der Waals surface area (Å²) in [7, 11) is 1.85. The lowest BCUT2D eigenvalue weighted by Crippen LogP contribution is -2.49. The molecule has 1 aliphatic rings. The number of hydrogen-bond acceptors (Lipinski definition) is 3. The molecule has 0 saturated carbocycles. The Kier molecular flexibility index (Phi) is 6.17. The molecule has 1 saturated heterocycles. The first kappa shape index (κ1) is 18.7. The van der Waals surface area contributed by atoms with Gasteiger partial charge in [0.25, 0.3) is 0 Å². The van der Waals surface area contributed by atoms with E-state index in [2.05, 4.69) is 41.0 Å². The van der Waals surface area contributed by atoms with Crippen molar-refractivity contribution in [2.75, 3.05) is 44.7 Å². The van der Waals surface area contributed by atoms with Crippen LogP contribution in [0.3, 0.4) is 0 Å². The van der Waals surface area contributed by atoms with Crippen LogP contribution in [0.4, 0.5) is 5.69 Å². The summed E-state index contributed by atoms with van der Waals surface area (Å²) in [6.45, 7) is 6.93. The summed E-state index contributed by atoms with van der Waals surface area (Å²) in [5, 5.41) is 0.704. The van der Waals surface area contributed by atoms with Gasteiger partial charge in [-0.1, -0.05) is 41.9 Å². The second-order valence-corrected chi connectivity index (χ2v) is 7.37. The number of likely N-dealkylation sites (N-methyl/N-ethyl adjacent to an activating group) is 1. The van der Waals surface area contributed by atoms with E-state index in [1.807, 2.05) is 31.3 Å². The number of halogens is 1. The maximum Gasteiger partial charge on any atom is 0.236 e. The zero-order valence-electron chi connectivity index (χ0n) is 15.5. The molecule has 1 amide bonds. The summed E-state index contributed by atoms with van der Waals surface area (Å²) in [5.74, 6) is 0.148. The first-order chi connectivity index (χ1) is 12.5. The highest BCUT2D eigenvalue weighted by atomic mass is 35.5. The van der Waals surface area contributed by atoms with Crippen LogP contribution >= 0.6 is 11.6 Å². The fourth-order valence-corrected chi connectivity index (χ4v) is 3.59. The molecule has 0 N–H and O–H groups in total. The quantitative estimate of drug-likeness (QED) is 0.805. The van der Waals surface area contributed by atoms with Gasteiger partial charge in [-0.25, -0.2) is 0 Å². The van der Waals surface area contributed by atoms with Crippen molar-refractivity contribution in [2.45, 2.75) is 13.5 Å².